The fraction of sp³-hybridized carbons (Fsp3) is 0.440. The number of aromatic nitrogens is 2. The second kappa shape index (κ2) is 9.52. The average Bonchev–Trinajstić information content (AvgIpc) is 2.80. The highest BCUT2D eigenvalue weighted by atomic mass is 16.5. The zero-order chi connectivity index (χ0) is 21.8. The van der Waals surface area contributed by atoms with Crippen LogP contribution in [0.15, 0.2) is 30.5 Å². The maximum absolute atomic E-state index is 6.18. The van der Waals surface area contributed by atoms with Gasteiger partial charge in [0.05, 0.1) is 25.1 Å². The minimum Gasteiger partial charge on any atom is -0.497 e. The number of likely N-dealkylation sites (tertiary alicyclic amines) is 1. The topological polar surface area (TPSA) is 56.7 Å². The van der Waals surface area contributed by atoms with E-state index in [1.54, 1.807) is 14.2 Å². The van der Waals surface area contributed by atoms with Crippen LogP contribution in [0.3, 0.4) is 0 Å². The molecule has 0 spiro atoms. The molecule has 3 aromatic rings. The Morgan fingerprint density at radius 1 is 0.935 bits per heavy atom. The van der Waals surface area contributed by atoms with Gasteiger partial charge < -0.3 is 14.2 Å². The van der Waals surface area contributed by atoms with E-state index in [2.05, 4.69) is 35.9 Å². The molecule has 2 aromatic carbocycles. The lowest BCUT2D eigenvalue weighted by atomic mass is 10.0. The number of ether oxygens (including phenoxy) is 3. The molecule has 4 rings (SSSR count). The van der Waals surface area contributed by atoms with Gasteiger partial charge in [-0.3, -0.25) is 4.90 Å². The molecule has 2 heterocycles. The van der Waals surface area contributed by atoms with E-state index in [-0.39, 0.29) is 0 Å². The van der Waals surface area contributed by atoms with Gasteiger partial charge in [0.2, 0.25) is 0 Å². The van der Waals surface area contributed by atoms with Crippen LogP contribution in [0.1, 0.15) is 30.4 Å². The molecule has 0 N–H and O–H groups in total. The third-order valence-electron chi connectivity index (χ3n) is 5.91. The second-order valence-corrected chi connectivity index (χ2v) is 8.15. The van der Waals surface area contributed by atoms with Crippen molar-refractivity contribution in [1.29, 1.82) is 0 Å². The molecule has 6 heteroatoms. The number of piperidine rings is 1. The molecule has 0 saturated carbocycles. The molecule has 0 unspecified atom stereocenters. The van der Waals surface area contributed by atoms with Crippen LogP contribution in [0, 0.1) is 13.8 Å². The van der Waals surface area contributed by atoms with Crippen LogP contribution < -0.4 is 14.2 Å². The SMILES string of the molecule is COc1cc(OC)c2cnc(-c3cc(C)c(OCCN4CCCCC4)c(C)c3)nc2c1. The minimum absolute atomic E-state index is 0.675. The Labute approximate surface area is 184 Å². The van der Waals surface area contributed by atoms with Crippen LogP contribution in [-0.2, 0) is 0 Å². The van der Waals surface area contributed by atoms with E-state index in [0.29, 0.717) is 23.9 Å². The Kier molecular flexibility index (Phi) is 6.56. The first-order valence-electron chi connectivity index (χ1n) is 10.9. The molecule has 0 aliphatic carbocycles. The molecule has 164 valence electrons. The molecule has 0 amide bonds. The summed E-state index contributed by atoms with van der Waals surface area (Å²) in [5, 5.41) is 0.859. The van der Waals surface area contributed by atoms with Crippen molar-refractivity contribution in [2.45, 2.75) is 33.1 Å². The molecule has 31 heavy (non-hydrogen) atoms. The lowest BCUT2D eigenvalue weighted by Gasteiger charge is -2.26. The number of methoxy groups -OCH3 is 2. The van der Waals surface area contributed by atoms with Crippen molar-refractivity contribution in [3.63, 3.8) is 0 Å². The standard InChI is InChI=1S/C25H31N3O3/c1-17-12-19(13-18(2)24(17)31-11-10-28-8-6-5-7-9-28)25-26-16-21-22(27-25)14-20(29-3)15-23(21)30-4/h12-16H,5-11H2,1-4H3. The molecule has 1 saturated heterocycles. The Balaban J connectivity index is 1.56. The van der Waals surface area contributed by atoms with Crippen LogP contribution in [0.5, 0.6) is 17.2 Å². The van der Waals surface area contributed by atoms with Crippen molar-refractivity contribution in [3.8, 4) is 28.6 Å². The third-order valence-corrected chi connectivity index (χ3v) is 5.91. The van der Waals surface area contributed by atoms with E-state index < -0.39 is 0 Å². The normalized spacial score (nSPS) is 14.6. The first-order valence-corrected chi connectivity index (χ1v) is 10.9. The third kappa shape index (κ3) is 4.74. The van der Waals surface area contributed by atoms with E-state index in [0.717, 1.165) is 39.9 Å². The van der Waals surface area contributed by atoms with Crippen molar-refractivity contribution >= 4 is 10.9 Å². The van der Waals surface area contributed by atoms with Crippen molar-refractivity contribution in [1.82, 2.24) is 14.9 Å². The predicted molar refractivity (Wildman–Crippen MR) is 123 cm³/mol. The molecule has 0 bridgehead atoms. The van der Waals surface area contributed by atoms with Gasteiger partial charge in [-0.25, -0.2) is 9.97 Å². The van der Waals surface area contributed by atoms with Crippen LogP contribution in [-0.4, -0.2) is 55.3 Å². The molecule has 1 aromatic heterocycles. The van der Waals surface area contributed by atoms with Gasteiger partial charge in [-0.15, -0.1) is 0 Å². The molecular weight excluding hydrogens is 390 g/mol. The first kappa shape index (κ1) is 21.4. The van der Waals surface area contributed by atoms with E-state index in [4.69, 9.17) is 19.2 Å². The van der Waals surface area contributed by atoms with Crippen LogP contribution in [0.2, 0.25) is 0 Å². The summed E-state index contributed by atoms with van der Waals surface area (Å²) in [6.45, 7) is 8.25. The summed E-state index contributed by atoms with van der Waals surface area (Å²) < 4.78 is 17.0. The molecule has 0 radical (unpaired) electrons. The number of hydrogen-bond acceptors (Lipinski definition) is 6. The highest BCUT2D eigenvalue weighted by molar-refractivity contribution is 5.87. The second-order valence-electron chi connectivity index (χ2n) is 8.15. The monoisotopic (exact) mass is 421 g/mol. The van der Waals surface area contributed by atoms with Gasteiger partial charge in [-0.2, -0.15) is 0 Å². The summed E-state index contributed by atoms with van der Waals surface area (Å²) in [7, 11) is 3.28. The number of rotatable bonds is 7. The van der Waals surface area contributed by atoms with Gasteiger partial charge in [0.25, 0.3) is 0 Å². The smallest absolute Gasteiger partial charge is 0.159 e. The minimum atomic E-state index is 0.675. The fourth-order valence-electron chi connectivity index (χ4n) is 4.27. The maximum atomic E-state index is 6.18. The van der Waals surface area contributed by atoms with Crippen molar-refractivity contribution in [3.05, 3.63) is 41.6 Å². The average molecular weight is 422 g/mol. The Morgan fingerprint density at radius 2 is 1.68 bits per heavy atom. The van der Waals surface area contributed by atoms with Gasteiger partial charge >= 0.3 is 0 Å². The van der Waals surface area contributed by atoms with Crippen molar-refractivity contribution in [2.24, 2.45) is 0 Å². The molecule has 1 aliphatic heterocycles. The van der Waals surface area contributed by atoms with Crippen LogP contribution in [0.4, 0.5) is 0 Å². The lowest BCUT2D eigenvalue weighted by Crippen LogP contribution is -2.33. The van der Waals surface area contributed by atoms with E-state index in [1.807, 2.05) is 18.3 Å². The lowest BCUT2D eigenvalue weighted by molar-refractivity contribution is 0.182. The summed E-state index contributed by atoms with van der Waals surface area (Å²) in [4.78, 5) is 11.9. The molecule has 6 nitrogen and oxygen atoms in total. The predicted octanol–water partition coefficient (Wildman–Crippen LogP) is 4.80. The van der Waals surface area contributed by atoms with Crippen molar-refractivity contribution in [2.75, 3.05) is 40.5 Å². The highest BCUT2D eigenvalue weighted by Crippen LogP contribution is 2.33. The zero-order valence-electron chi connectivity index (χ0n) is 18.9. The van der Waals surface area contributed by atoms with Gasteiger partial charge in [0.15, 0.2) is 5.82 Å². The first-order chi connectivity index (χ1) is 15.1. The zero-order valence-corrected chi connectivity index (χ0v) is 18.9. The molecule has 0 atom stereocenters. The Morgan fingerprint density at radius 3 is 2.35 bits per heavy atom. The van der Waals surface area contributed by atoms with E-state index in [1.165, 1.54) is 32.4 Å². The van der Waals surface area contributed by atoms with Crippen molar-refractivity contribution < 1.29 is 14.2 Å². The number of benzene rings is 2. The largest absolute Gasteiger partial charge is 0.497 e. The fourth-order valence-corrected chi connectivity index (χ4v) is 4.27. The summed E-state index contributed by atoms with van der Waals surface area (Å²) >= 11 is 0. The number of nitrogens with zero attached hydrogens (tertiary/aromatic N) is 3. The van der Waals surface area contributed by atoms with Gasteiger partial charge in [-0.05, 0) is 63.0 Å². The molecule has 1 aliphatic rings. The van der Waals surface area contributed by atoms with Gasteiger partial charge in [-0.1, -0.05) is 6.42 Å². The van der Waals surface area contributed by atoms with Crippen LogP contribution in [0.25, 0.3) is 22.3 Å². The Hall–Kier alpha value is -2.86. The van der Waals surface area contributed by atoms with E-state index >= 15 is 0 Å². The van der Waals surface area contributed by atoms with Crippen LogP contribution >= 0.6 is 0 Å². The number of aryl methyl sites for hydroxylation is 2. The summed E-state index contributed by atoms with van der Waals surface area (Å²) in [6, 6.07) is 7.94. The van der Waals surface area contributed by atoms with Gasteiger partial charge in [0, 0.05) is 30.4 Å². The van der Waals surface area contributed by atoms with Gasteiger partial charge in [0.1, 0.15) is 23.9 Å². The quantitative estimate of drug-likeness (QED) is 0.546. The van der Waals surface area contributed by atoms with E-state index in [9.17, 15) is 0 Å². The molecule has 1 fully saturated rings. The number of hydrogen-bond donors (Lipinski definition) is 0. The highest BCUT2D eigenvalue weighted by Gasteiger charge is 2.14. The summed E-state index contributed by atoms with van der Waals surface area (Å²) in [5.74, 6) is 3.04. The summed E-state index contributed by atoms with van der Waals surface area (Å²) in [6.07, 6.45) is 5.77. The molecular formula is C25H31N3O3. The summed E-state index contributed by atoms with van der Waals surface area (Å²) in [5.41, 5.74) is 3.96. The number of fused-ring (bicyclic) bond motifs is 1. The Bertz CT molecular complexity index is 1040. The maximum Gasteiger partial charge on any atom is 0.159 e.